The van der Waals surface area contributed by atoms with Crippen LogP contribution in [-0.2, 0) is 23.5 Å². The predicted octanol–water partition coefficient (Wildman–Crippen LogP) is 2.28. The van der Waals surface area contributed by atoms with Gasteiger partial charge in [0.05, 0.1) is 11.9 Å². The zero-order chi connectivity index (χ0) is 22.1. The number of hydrogen-bond acceptors (Lipinski definition) is 8. The summed E-state index contributed by atoms with van der Waals surface area (Å²) in [5.41, 5.74) is 0. The van der Waals surface area contributed by atoms with Crippen molar-refractivity contribution in [1.29, 1.82) is 1.43 Å². The van der Waals surface area contributed by atoms with Crippen LogP contribution in [0.3, 0.4) is 0 Å². The SMILES string of the molecule is [3H]OP(=O)([O-])OCCCCCCSC1CC(=O)N(CC2CCC(C(C)=O)CC2)C1=O. The Labute approximate surface area is 177 Å². The molecule has 10 heteroatoms. The summed E-state index contributed by atoms with van der Waals surface area (Å²) in [5.74, 6) is 1.24. The maximum atomic E-state index is 12.6. The Balaban J connectivity index is 1.60. The molecule has 2 amide bonds. The molecule has 1 N–H and O–H groups in total. The summed E-state index contributed by atoms with van der Waals surface area (Å²) in [6, 6.07) is 0. The van der Waals surface area contributed by atoms with Crippen LogP contribution in [0.15, 0.2) is 0 Å². The van der Waals surface area contributed by atoms with Crippen molar-refractivity contribution in [3.05, 3.63) is 0 Å². The van der Waals surface area contributed by atoms with Crippen molar-refractivity contribution in [2.45, 2.75) is 70.0 Å². The highest BCUT2D eigenvalue weighted by atomic mass is 32.2. The van der Waals surface area contributed by atoms with Crippen molar-refractivity contribution in [3.8, 4) is 0 Å². The minimum atomic E-state index is -4.47. The molecule has 1 heterocycles. The molecular formula is C19H31NO7PS-. The molecule has 2 fully saturated rings. The molecule has 1 saturated carbocycles. The molecule has 0 radical (unpaired) electrons. The summed E-state index contributed by atoms with van der Waals surface area (Å²) >= 11 is 1.51. The molecule has 0 aromatic rings. The van der Waals surface area contributed by atoms with Crippen LogP contribution in [-0.4, -0.2) is 53.0 Å². The maximum Gasteiger partial charge on any atom is 0.265 e. The molecule has 1 aliphatic carbocycles. The zero-order valence-corrected chi connectivity index (χ0v) is 18.6. The molecule has 2 atom stereocenters. The zero-order valence-electron chi connectivity index (χ0n) is 17.9. The average molecular weight is 451 g/mol. The molecule has 0 bridgehead atoms. The van der Waals surface area contributed by atoms with Gasteiger partial charge in [-0.25, -0.2) is 0 Å². The van der Waals surface area contributed by atoms with E-state index in [9.17, 15) is 23.8 Å². The molecule has 0 aromatic carbocycles. The van der Waals surface area contributed by atoms with Gasteiger partial charge in [-0.3, -0.25) is 23.8 Å². The van der Waals surface area contributed by atoms with E-state index in [0.717, 1.165) is 50.7 Å². The van der Waals surface area contributed by atoms with Crippen molar-refractivity contribution in [1.82, 2.24) is 4.90 Å². The first-order valence-electron chi connectivity index (χ1n) is 10.7. The van der Waals surface area contributed by atoms with Gasteiger partial charge in [-0.15, -0.1) is 11.8 Å². The first-order chi connectivity index (χ1) is 14.2. The summed E-state index contributed by atoms with van der Waals surface area (Å²) in [7, 11) is -4.47. The number of likely N-dealkylation sites (tertiary alicyclic amines) is 1. The van der Waals surface area contributed by atoms with Gasteiger partial charge in [-0.1, -0.05) is 12.8 Å². The molecule has 0 aromatic heterocycles. The van der Waals surface area contributed by atoms with Crippen LogP contribution >= 0.6 is 19.6 Å². The third kappa shape index (κ3) is 8.50. The van der Waals surface area contributed by atoms with E-state index in [4.69, 9.17) is 1.43 Å². The number of rotatable bonds is 13. The van der Waals surface area contributed by atoms with Crippen molar-refractivity contribution in [2.24, 2.45) is 11.8 Å². The number of phosphoric acid groups is 1. The number of carbonyl (C=O) groups excluding carboxylic acids is 3. The summed E-state index contributed by atoms with van der Waals surface area (Å²) < 4.78 is 21.6. The fourth-order valence-corrected chi connectivity index (χ4v) is 5.48. The van der Waals surface area contributed by atoms with Crippen LogP contribution < -0.4 is 4.89 Å². The smallest absolute Gasteiger partial charge is 0.265 e. The Morgan fingerprint density at radius 3 is 2.62 bits per heavy atom. The Morgan fingerprint density at radius 2 is 1.97 bits per heavy atom. The number of amides is 2. The number of unbranched alkanes of at least 4 members (excludes halogenated alkanes) is 3. The maximum absolute atomic E-state index is 12.6. The number of phosphoric ester groups is 1. The number of hydrogen-bond donors (Lipinski definition) is 1. The van der Waals surface area contributed by atoms with Crippen molar-refractivity contribution < 1.29 is 33.3 Å². The lowest BCUT2D eigenvalue weighted by Crippen LogP contribution is -2.37. The van der Waals surface area contributed by atoms with Gasteiger partial charge in [-0.05, 0) is 57.1 Å². The summed E-state index contributed by atoms with van der Waals surface area (Å²) in [6.45, 7) is 2.10. The highest BCUT2D eigenvalue weighted by Gasteiger charge is 2.40. The van der Waals surface area contributed by atoms with Crippen LogP contribution in [0.1, 0.15) is 64.7 Å². The highest BCUT2D eigenvalue weighted by Crippen LogP contribution is 2.33. The Morgan fingerprint density at radius 1 is 1.28 bits per heavy atom. The minimum absolute atomic E-state index is 0.00823. The third-order valence-corrected chi connectivity index (χ3v) is 7.47. The van der Waals surface area contributed by atoms with Crippen molar-refractivity contribution in [3.63, 3.8) is 0 Å². The lowest BCUT2D eigenvalue weighted by Gasteiger charge is -2.29. The Hall–Kier alpha value is -0.730. The van der Waals surface area contributed by atoms with Gasteiger partial charge in [0.2, 0.25) is 13.2 Å². The van der Waals surface area contributed by atoms with Crippen LogP contribution in [0.5, 0.6) is 0 Å². The van der Waals surface area contributed by atoms with Crippen molar-refractivity contribution in [2.75, 3.05) is 18.9 Å². The van der Waals surface area contributed by atoms with E-state index in [1.54, 1.807) is 6.92 Å². The lowest BCUT2D eigenvalue weighted by molar-refractivity contribution is -0.219. The molecule has 1 saturated heterocycles. The standard InChI is InChI=1S/C19H32NO7PS/c1-14(21)16-8-6-15(7-9-16)13-20-18(22)12-17(19(20)23)29-11-5-3-2-4-10-27-28(24,25)26/h15-17H,2-13H2,1H3,(H2,24,25,26)/p-1/i/hT. The fraction of sp³-hybridized carbons (Fsp3) is 0.842. The van der Waals surface area contributed by atoms with E-state index >= 15 is 0 Å². The number of carbonyl (C=O) groups is 3. The Kier molecular flexibility index (Phi) is 9.18. The normalized spacial score (nSPS) is 27.7. The largest absolute Gasteiger partial charge is 0.756 e. The number of imide groups is 1. The van der Waals surface area contributed by atoms with Gasteiger partial charge < -0.3 is 14.3 Å². The van der Waals surface area contributed by atoms with Gasteiger partial charge in [0.15, 0.2) is 0 Å². The fourth-order valence-electron chi connectivity index (χ4n) is 3.94. The Bertz CT molecular complexity index is 657. The second-order valence-electron chi connectivity index (χ2n) is 7.93. The monoisotopic (exact) mass is 450 g/mol. The molecule has 2 aliphatic rings. The van der Waals surface area contributed by atoms with E-state index in [1.165, 1.54) is 16.7 Å². The quantitative estimate of drug-likeness (QED) is 0.257. The van der Waals surface area contributed by atoms with Gasteiger partial charge in [0.25, 0.3) is 7.82 Å². The first kappa shape index (κ1) is 22.9. The number of ketones is 1. The summed E-state index contributed by atoms with van der Waals surface area (Å²) in [6.07, 6.45) is 6.76. The molecule has 2 rings (SSSR count). The van der Waals surface area contributed by atoms with Crippen molar-refractivity contribution >= 4 is 37.2 Å². The minimum Gasteiger partial charge on any atom is -0.756 e. The molecular weight excluding hydrogens is 417 g/mol. The van der Waals surface area contributed by atoms with Gasteiger partial charge in [-0.2, -0.15) is 0 Å². The van der Waals surface area contributed by atoms with E-state index in [-0.39, 0.29) is 41.8 Å². The van der Waals surface area contributed by atoms with Crippen LogP contribution in [0, 0.1) is 11.8 Å². The van der Waals surface area contributed by atoms with Crippen LogP contribution in [0.4, 0.5) is 0 Å². The van der Waals surface area contributed by atoms with E-state index < -0.39 is 7.82 Å². The molecule has 1 aliphatic heterocycles. The lowest BCUT2D eigenvalue weighted by atomic mass is 9.80. The molecule has 2 unspecified atom stereocenters. The highest BCUT2D eigenvalue weighted by molar-refractivity contribution is 8.00. The number of nitrogens with zero attached hydrogens (tertiary/aromatic N) is 1. The molecule has 29 heavy (non-hydrogen) atoms. The average Bonchev–Trinajstić information content (AvgIpc) is 2.98. The van der Waals surface area contributed by atoms with E-state index in [2.05, 4.69) is 9.42 Å². The van der Waals surface area contributed by atoms with Crippen LogP contribution in [0.2, 0.25) is 0 Å². The summed E-state index contributed by atoms with van der Waals surface area (Å²) in [4.78, 5) is 52.2. The van der Waals surface area contributed by atoms with E-state index in [0.29, 0.717) is 18.9 Å². The number of Topliss-reactive ketones (excluding diaryl/α,β-unsaturated/α-hetero) is 1. The second-order valence-corrected chi connectivity index (χ2v) is 10.4. The first-order valence-corrected chi connectivity index (χ1v) is 12.8. The molecule has 0 spiro atoms. The van der Waals surface area contributed by atoms with Crippen LogP contribution in [0.25, 0.3) is 0 Å². The molecule has 8 nitrogen and oxygen atoms in total. The second kappa shape index (κ2) is 11.6. The topological polar surface area (TPSA) is 124 Å². The molecule has 166 valence electrons. The third-order valence-electron chi connectivity index (χ3n) is 5.67. The predicted molar refractivity (Wildman–Crippen MR) is 108 cm³/mol. The van der Waals surface area contributed by atoms with Gasteiger partial charge in [0, 0.05) is 18.9 Å². The summed E-state index contributed by atoms with van der Waals surface area (Å²) in [5, 5.41) is -0.310. The van der Waals surface area contributed by atoms with Gasteiger partial charge in [0.1, 0.15) is 5.78 Å². The van der Waals surface area contributed by atoms with E-state index in [1.807, 2.05) is 0 Å². The van der Waals surface area contributed by atoms with Gasteiger partial charge >= 0.3 is 0 Å². The number of thioether (sulfide) groups is 1.